The van der Waals surface area contributed by atoms with E-state index in [4.69, 9.17) is 0 Å². The zero-order valence-electron chi connectivity index (χ0n) is 15.4. The van der Waals surface area contributed by atoms with Crippen molar-refractivity contribution in [2.24, 2.45) is 4.99 Å². The zero-order chi connectivity index (χ0) is 19.0. The molecule has 3 N–H and O–H groups in total. The molecule has 7 heteroatoms. The number of aryl methyl sites for hydroxylation is 1. The molecule has 140 valence electrons. The summed E-state index contributed by atoms with van der Waals surface area (Å²) in [4.78, 5) is 4.22. The molecule has 0 saturated heterocycles. The molecule has 26 heavy (non-hydrogen) atoms. The fourth-order valence-corrected chi connectivity index (χ4v) is 3.18. The number of aliphatic imine (C=N–C) groups is 1. The van der Waals surface area contributed by atoms with E-state index in [1.54, 1.807) is 7.05 Å². The van der Waals surface area contributed by atoms with Crippen LogP contribution >= 0.6 is 0 Å². The molecule has 0 bridgehead atoms. The second kappa shape index (κ2) is 9.35. The van der Waals surface area contributed by atoms with Crippen LogP contribution in [0.2, 0.25) is 0 Å². The number of sulfonamides is 1. The van der Waals surface area contributed by atoms with Crippen LogP contribution in [0.15, 0.2) is 53.5 Å². The number of hydrogen-bond donors (Lipinski definition) is 3. The van der Waals surface area contributed by atoms with Gasteiger partial charge in [0.15, 0.2) is 5.96 Å². The van der Waals surface area contributed by atoms with Crippen LogP contribution in [0.3, 0.4) is 0 Å². The largest absolute Gasteiger partial charge is 0.352 e. The van der Waals surface area contributed by atoms with Crippen LogP contribution in [0.25, 0.3) is 0 Å². The predicted molar refractivity (Wildman–Crippen MR) is 106 cm³/mol. The van der Waals surface area contributed by atoms with Crippen molar-refractivity contribution in [1.29, 1.82) is 0 Å². The number of benzene rings is 2. The van der Waals surface area contributed by atoms with E-state index in [0.29, 0.717) is 19.0 Å². The molecule has 0 unspecified atom stereocenters. The molecule has 0 aliphatic heterocycles. The van der Waals surface area contributed by atoms with E-state index in [9.17, 15) is 8.42 Å². The van der Waals surface area contributed by atoms with Crippen LogP contribution in [0.5, 0.6) is 0 Å². The molecular formula is C19H26N4O2S. The van der Waals surface area contributed by atoms with Crippen molar-refractivity contribution < 1.29 is 8.42 Å². The maximum Gasteiger partial charge on any atom is 0.215 e. The lowest BCUT2D eigenvalue weighted by Crippen LogP contribution is -2.36. The molecule has 6 nitrogen and oxygen atoms in total. The lowest BCUT2D eigenvalue weighted by atomic mass is 10.1. The highest BCUT2D eigenvalue weighted by Crippen LogP contribution is 2.08. The summed E-state index contributed by atoms with van der Waals surface area (Å²) in [7, 11) is -0.130. The van der Waals surface area contributed by atoms with Crippen molar-refractivity contribution in [3.63, 3.8) is 0 Å². The standard InChI is InChI=1S/C19H26N4O2S/c1-15-7-9-16(10-8-15)12-22-19(20-2)23-13-17-5-4-6-18(11-17)14-26(24,25)21-3/h4-11,21H,12-14H2,1-3H3,(H2,20,22,23). The first-order chi connectivity index (χ1) is 12.4. The summed E-state index contributed by atoms with van der Waals surface area (Å²) in [6.07, 6.45) is 0. The first kappa shape index (κ1) is 19.9. The number of nitrogens with zero attached hydrogens (tertiary/aromatic N) is 1. The molecule has 0 amide bonds. The quantitative estimate of drug-likeness (QED) is 0.511. The van der Waals surface area contributed by atoms with Crippen LogP contribution in [0.1, 0.15) is 22.3 Å². The van der Waals surface area contributed by atoms with E-state index in [2.05, 4.69) is 51.5 Å². The molecular weight excluding hydrogens is 348 g/mol. The summed E-state index contributed by atoms with van der Waals surface area (Å²) in [6.45, 7) is 3.30. The van der Waals surface area contributed by atoms with Crippen molar-refractivity contribution in [3.8, 4) is 0 Å². The Balaban J connectivity index is 1.90. The highest BCUT2D eigenvalue weighted by Gasteiger charge is 2.09. The Bertz CT molecular complexity index is 846. The summed E-state index contributed by atoms with van der Waals surface area (Å²) in [5, 5.41) is 6.52. The highest BCUT2D eigenvalue weighted by atomic mass is 32.2. The summed E-state index contributed by atoms with van der Waals surface area (Å²) in [6, 6.07) is 15.8. The third kappa shape index (κ3) is 6.50. The molecule has 0 fully saturated rings. The maximum absolute atomic E-state index is 11.7. The van der Waals surface area contributed by atoms with Crippen LogP contribution in [-0.4, -0.2) is 28.5 Å². The fourth-order valence-electron chi connectivity index (χ4n) is 2.42. The van der Waals surface area contributed by atoms with E-state index in [-0.39, 0.29) is 5.75 Å². The Morgan fingerprint density at radius 1 is 0.962 bits per heavy atom. The average Bonchev–Trinajstić information content (AvgIpc) is 2.63. The van der Waals surface area contributed by atoms with E-state index in [0.717, 1.165) is 11.1 Å². The van der Waals surface area contributed by atoms with Crippen molar-refractivity contribution >= 4 is 16.0 Å². The van der Waals surface area contributed by atoms with Gasteiger partial charge >= 0.3 is 0 Å². The Morgan fingerprint density at radius 3 is 2.19 bits per heavy atom. The van der Waals surface area contributed by atoms with Crippen molar-refractivity contribution in [1.82, 2.24) is 15.4 Å². The summed E-state index contributed by atoms with van der Waals surface area (Å²) >= 11 is 0. The molecule has 0 saturated carbocycles. The predicted octanol–water partition coefficient (Wildman–Crippen LogP) is 1.91. The number of hydrogen-bond acceptors (Lipinski definition) is 3. The molecule has 0 aromatic heterocycles. The van der Waals surface area contributed by atoms with Crippen molar-refractivity contribution in [3.05, 3.63) is 70.8 Å². The van der Waals surface area contributed by atoms with Crippen LogP contribution in [-0.2, 0) is 28.9 Å². The van der Waals surface area contributed by atoms with Gasteiger partial charge in [-0.1, -0.05) is 54.1 Å². The van der Waals surface area contributed by atoms with E-state index in [1.165, 1.54) is 18.2 Å². The van der Waals surface area contributed by atoms with Gasteiger partial charge in [0.2, 0.25) is 10.0 Å². The van der Waals surface area contributed by atoms with Gasteiger partial charge in [0, 0.05) is 20.1 Å². The van der Waals surface area contributed by atoms with Gasteiger partial charge in [-0.25, -0.2) is 13.1 Å². The maximum atomic E-state index is 11.7. The molecule has 0 spiro atoms. The Labute approximate surface area is 155 Å². The molecule has 0 aliphatic rings. The molecule has 2 aromatic rings. The minimum Gasteiger partial charge on any atom is -0.352 e. The molecule has 0 atom stereocenters. The van der Waals surface area contributed by atoms with Gasteiger partial charge in [-0.3, -0.25) is 4.99 Å². The van der Waals surface area contributed by atoms with Gasteiger partial charge in [-0.2, -0.15) is 0 Å². The van der Waals surface area contributed by atoms with E-state index in [1.807, 2.05) is 24.3 Å². The molecule has 0 aliphatic carbocycles. The Morgan fingerprint density at radius 2 is 1.58 bits per heavy atom. The number of guanidine groups is 1. The monoisotopic (exact) mass is 374 g/mol. The minimum atomic E-state index is -3.27. The van der Waals surface area contributed by atoms with Gasteiger partial charge in [0.1, 0.15) is 0 Å². The summed E-state index contributed by atoms with van der Waals surface area (Å²) < 4.78 is 25.7. The Kier molecular flexibility index (Phi) is 7.17. The van der Waals surface area contributed by atoms with Gasteiger partial charge < -0.3 is 10.6 Å². The average molecular weight is 375 g/mol. The SMILES string of the molecule is CN=C(NCc1ccc(C)cc1)NCc1cccc(CS(=O)(=O)NC)c1. The van der Waals surface area contributed by atoms with E-state index < -0.39 is 10.0 Å². The smallest absolute Gasteiger partial charge is 0.215 e. The van der Waals surface area contributed by atoms with Crippen LogP contribution < -0.4 is 15.4 Å². The first-order valence-electron chi connectivity index (χ1n) is 8.41. The van der Waals surface area contributed by atoms with Crippen molar-refractivity contribution in [2.75, 3.05) is 14.1 Å². The minimum absolute atomic E-state index is 0.0300. The normalized spacial score (nSPS) is 12.0. The van der Waals surface area contributed by atoms with Crippen LogP contribution in [0, 0.1) is 6.92 Å². The molecule has 0 heterocycles. The Hall–Kier alpha value is -2.38. The lowest BCUT2D eigenvalue weighted by Gasteiger charge is -2.13. The second-order valence-electron chi connectivity index (χ2n) is 6.05. The van der Waals surface area contributed by atoms with E-state index >= 15 is 0 Å². The number of nitrogens with one attached hydrogen (secondary N) is 3. The molecule has 2 aromatic carbocycles. The molecule has 0 radical (unpaired) electrons. The van der Waals surface area contributed by atoms with Crippen molar-refractivity contribution in [2.45, 2.75) is 25.8 Å². The highest BCUT2D eigenvalue weighted by molar-refractivity contribution is 7.88. The number of rotatable bonds is 7. The second-order valence-corrected chi connectivity index (χ2v) is 7.97. The third-order valence-electron chi connectivity index (χ3n) is 3.92. The van der Waals surface area contributed by atoms with Gasteiger partial charge in [-0.15, -0.1) is 0 Å². The third-order valence-corrected chi connectivity index (χ3v) is 5.26. The topological polar surface area (TPSA) is 82.6 Å². The first-order valence-corrected chi connectivity index (χ1v) is 10.1. The van der Waals surface area contributed by atoms with Gasteiger partial charge in [-0.05, 0) is 30.7 Å². The zero-order valence-corrected chi connectivity index (χ0v) is 16.2. The van der Waals surface area contributed by atoms with Crippen LogP contribution in [0.4, 0.5) is 0 Å². The summed E-state index contributed by atoms with van der Waals surface area (Å²) in [5.41, 5.74) is 4.16. The fraction of sp³-hybridized carbons (Fsp3) is 0.316. The van der Waals surface area contributed by atoms with Gasteiger partial charge in [0.05, 0.1) is 5.75 Å². The molecule has 2 rings (SSSR count). The summed E-state index contributed by atoms with van der Waals surface area (Å²) in [5.74, 6) is 0.663. The lowest BCUT2D eigenvalue weighted by molar-refractivity contribution is 0.587. The van der Waals surface area contributed by atoms with Gasteiger partial charge in [0.25, 0.3) is 0 Å².